The van der Waals surface area contributed by atoms with Crippen LogP contribution in [-0.4, -0.2) is 16.4 Å². The van der Waals surface area contributed by atoms with Crippen LogP contribution in [0.1, 0.15) is 41.3 Å². The van der Waals surface area contributed by atoms with Gasteiger partial charge in [0.1, 0.15) is 0 Å². The molecular weight excluding hydrogens is 323 g/mol. The van der Waals surface area contributed by atoms with Crippen molar-refractivity contribution < 1.29 is 13.2 Å². The molecule has 23 heavy (non-hydrogen) atoms. The summed E-state index contributed by atoms with van der Waals surface area (Å²) < 4.78 is 38.1. The van der Waals surface area contributed by atoms with E-state index in [1.165, 1.54) is 23.5 Å². The van der Waals surface area contributed by atoms with E-state index in [0.29, 0.717) is 5.13 Å². The maximum atomic E-state index is 12.7. The topological polar surface area (TPSA) is 42.1 Å². The fourth-order valence-corrected chi connectivity index (χ4v) is 3.76. The molecule has 1 aliphatic rings. The molecule has 3 rings (SSSR count). The first-order valence-corrected chi connectivity index (χ1v) is 8.36. The van der Waals surface area contributed by atoms with Gasteiger partial charge in [0.2, 0.25) is 0 Å². The lowest BCUT2D eigenvalue weighted by atomic mass is 9.94. The Morgan fingerprint density at radius 1 is 1.22 bits per heavy atom. The molecule has 124 valence electrons. The fourth-order valence-electron chi connectivity index (χ4n) is 3.05. The van der Waals surface area contributed by atoms with Gasteiger partial charge in [0.15, 0.2) is 5.13 Å². The summed E-state index contributed by atoms with van der Waals surface area (Å²) in [6.45, 7) is 1.67. The maximum Gasteiger partial charge on any atom is 0.416 e. The van der Waals surface area contributed by atoms with Gasteiger partial charge in [0.25, 0.3) is 0 Å². The van der Waals surface area contributed by atoms with Crippen LogP contribution < -0.4 is 5.73 Å². The molecule has 1 aromatic carbocycles. The molecular formula is C16H18F3N3S. The van der Waals surface area contributed by atoms with E-state index in [1.54, 1.807) is 18.3 Å². The third kappa shape index (κ3) is 3.84. The van der Waals surface area contributed by atoms with Crippen molar-refractivity contribution in [2.75, 3.05) is 12.3 Å². The molecule has 1 saturated heterocycles. The van der Waals surface area contributed by atoms with Gasteiger partial charge in [-0.3, -0.25) is 4.90 Å². The number of nitrogens with zero attached hydrogens (tertiary/aromatic N) is 2. The zero-order chi connectivity index (χ0) is 16.4. The molecule has 0 amide bonds. The van der Waals surface area contributed by atoms with Gasteiger partial charge in [-0.2, -0.15) is 13.2 Å². The molecule has 0 bridgehead atoms. The number of benzene rings is 1. The minimum Gasteiger partial charge on any atom is -0.375 e. The number of alkyl halides is 3. The molecule has 3 nitrogen and oxygen atoms in total. The van der Waals surface area contributed by atoms with Crippen molar-refractivity contribution in [1.82, 2.24) is 9.88 Å². The second-order valence-electron chi connectivity index (χ2n) is 5.77. The average molecular weight is 341 g/mol. The molecule has 1 unspecified atom stereocenters. The predicted molar refractivity (Wildman–Crippen MR) is 85.0 cm³/mol. The summed E-state index contributed by atoms with van der Waals surface area (Å²) in [4.78, 5) is 7.45. The highest BCUT2D eigenvalue weighted by atomic mass is 32.1. The van der Waals surface area contributed by atoms with Crippen LogP contribution in [0.3, 0.4) is 0 Å². The van der Waals surface area contributed by atoms with E-state index in [-0.39, 0.29) is 6.04 Å². The molecule has 0 aliphatic carbocycles. The second-order valence-corrected chi connectivity index (χ2v) is 6.91. The summed E-state index contributed by atoms with van der Waals surface area (Å²) in [5, 5.41) is 0.545. The number of aromatic nitrogens is 1. The van der Waals surface area contributed by atoms with Crippen molar-refractivity contribution in [3.63, 3.8) is 0 Å². The summed E-state index contributed by atoms with van der Waals surface area (Å²) in [5.74, 6) is 0. The van der Waals surface area contributed by atoms with Crippen molar-refractivity contribution in [3.8, 4) is 0 Å². The quantitative estimate of drug-likeness (QED) is 0.895. The summed E-state index contributed by atoms with van der Waals surface area (Å²) in [7, 11) is 0. The summed E-state index contributed by atoms with van der Waals surface area (Å²) in [6.07, 6.45) is 0.640. The van der Waals surface area contributed by atoms with Gasteiger partial charge in [0.05, 0.1) is 5.56 Å². The van der Waals surface area contributed by atoms with Crippen molar-refractivity contribution in [2.24, 2.45) is 0 Å². The first-order valence-electron chi connectivity index (χ1n) is 7.55. The van der Waals surface area contributed by atoms with Crippen LogP contribution in [0.25, 0.3) is 0 Å². The van der Waals surface area contributed by atoms with Gasteiger partial charge in [-0.1, -0.05) is 18.6 Å². The number of hydrogen-bond acceptors (Lipinski definition) is 4. The maximum absolute atomic E-state index is 12.7. The van der Waals surface area contributed by atoms with Crippen LogP contribution in [0.5, 0.6) is 0 Å². The smallest absolute Gasteiger partial charge is 0.375 e. The molecule has 2 N–H and O–H groups in total. The van der Waals surface area contributed by atoms with E-state index in [2.05, 4.69) is 9.88 Å². The van der Waals surface area contributed by atoms with Crippen molar-refractivity contribution in [2.45, 2.75) is 38.0 Å². The van der Waals surface area contributed by atoms with Crippen LogP contribution in [-0.2, 0) is 12.7 Å². The first kappa shape index (κ1) is 16.3. The molecule has 1 aromatic heterocycles. The van der Waals surface area contributed by atoms with Gasteiger partial charge in [0, 0.05) is 23.7 Å². The highest BCUT2D eigenvalue weighted by molar-refractivity contribution is 7.15. The Morgan fingerprint density at radius 3 is 2.57 bits per heavy atom. The Labute approximate surface area is 136 Å². The van der Waals surface area contributed by atoms with Crippen LogP contribution in [0.15, 0.2) is 30.5 Å². The van der Waals surface area contributed by atoms with Crippen LogP contribution in [0.4, 0.5) is 18.3 Å². The Bertz CT molecular complexity index is 651. The largest absolute Gasteiger partial charge is 0.416 e. The van der Waals surface area contributed by atoms with Gasteiger partial charge >= 0.3 is 6.18 Å². The Hall–Kier alpha value is -1.60. The van der Waals surface area contributed by atoms with Gasteiger partial charge in [-0.15, -0.1) is 11.3 Å². The summed E-state index contributed by atoms with van der Waals surface area (Å²) in [6, 6.07) is 5.70. The van der Waals surface area contributed by atoms with E-state index < -0.39 is 11.7 Å². The number of anilines is 1. The Morgan fingerprint density at radius 2 is 1.96 bits per heavy atom. The number of hydrogen-bond donors (Lipinski definition) is 1. The Balaban J connectivity index is 1.78. The number of rotatable bonds is 3. The van der Waals surface area contributed by atoms with Gasteiger partial charge < -0.3 is 5.73 Å². The van der Waals surface area contributed by atoms with Gasteiger partial charge in [-0.05, 0) is 37.1 Å². The SMILES string of the molecule is Nc1ncc(CN2CCCCC2c2ccc(C(F)(F)F)cc2)s1. The van der Waals surface area contributed by atoms with E-state index >= 15 is 0 Å². The molecule has 1 aliphatic heterocycles. The van der Waals surface area contributed by atoms with Crippen molar-refractivity contribution in [3.05, 3.63) is 46.5 Å². The normalized spacial score (nSPS) is 19.9. The highest BCUT2D eigenvalue weighted by Crippen LogP contribution is 2.35. The molecule has 1 fully saturated rings. The molecule has 0 spiro atoms. The predicted octanol–water partition coefficient (Wildman–Crippen LogP) is 4.47. The van der Waals surface area contributed by atoms with Crippen molar-refractivity contribution >= 4 is 16.5 Å². The third-order valence-corrected chi connectivity index (χ3v) is 4.98. The van der Waals surface area contributed by atoms with Crippen LogP contribution in [0, 0.1) is 0 Å². The van der Waals surface area contributed by atoms with E-state index in [1.807, 2.05) is 0 Å². The zero-order valence-electron chi connectivity index (χ0n) is 12.5. The second kappa shape index (κ2) is 6.49. The molecule has 1 atom stereocenters. The number of thiazole rings is 1. The molecule has 7 heteroatoms. The van der Waals surface area contributed by atoms with Crippen LogP contribution >= 0.6 is 11.3 Å². The molecule has 2 aromatic rings. The zero-order valence-corrected chi connectivity index (χ0v) is 13.3. The highest BCUT2D eigenvalue weighted by Gasteiger charge is 2.31. The Kier molecular flexibility index (Phi) is 4.59. The standard InChI is InChI=1S/C16H18F3N3S/c17-16(18,19)12-6-4-11(5-7-12)14-3-1-2-8-22(14)10-13-9-21-15(20)23-13/h4-7,9,14H,1-3,8,10H2,(H2,20,21). The fraction of sp³-hybridized carbons (Fsp3) is 0.438. The lowest BCUT2D eigenvalue weighted by molar-refractivity contribution is -0.137. The van der Waals surface area contributed by atoms with E-state index in [0.717, 1.165) is 42.8 Å². The van der Waals surface area contributed by atoms with E-state index in [9.17, 15) is 13.2 Å². The first-order chi connectivity index (χ1) is 10.9. The summed E-state index contributed by atoms with van der Waals surface area (Å²) >= 11 is 1.46. The summed E-state index contributed by atoms with van der Waals surface area (Å²) in [5.41, 5.74) is 6.01. The number of halogens is 3. The molecule has 0 radical (unpaired) electrons. The minimum atomic E-state index is -4.29. The van der Waals surface area contributed by atoms with Crippen LogP contribution in [0.2, 0.25) is 0 Å². The number of piperidine rings is 1. The number of nitrogens with two attached hydrogens (primary N) is 1. The van der Waals surface area contributed by atoms with Crippen molar-refractivity contribution in [1.29, 1.82) is 0 Å². The number of likely N-dealkylation sites (tertiary alicyclic amines) is 1. The van der Waals surface area contributed by atoms with Gasteiger partial charge in [-0.25, -0.2) is 4.98 Å². The molecule has 0 saturated carbocycles. The van der Waals surface area contributed by atoms with E-state index in [4.69, 9.17) is 5.73 Å². The minimum absolute atomic E-state index is 0.148. The monoisotopic (exact) mass is 341 g/mol. The molecule has 2 heterocycles. The average Bonchev–Trinajstić information content (AvgIpc) is 2.92. The lowest BCUT2D eigenvalue weighted by Gasteiger charge is -2.35. The number of nitrogen functional groups attached to an aromatic ring is 1. The lowest BCUT2D eigenvalue weighted by Crippen LogP contribution is -2.32. The third-order valence-electron chi connectivity index (χ3n) is 4.17.